The fourth-order valence-corrected chi connectivity index (χ4v) is 7.14. The average molecular weight is 702 g/mol. The van der Waals surface area contributed by atoms with E-state index in [2.05, 4.69) is 87.8 Å². The molecule has 4 heterocycles. The zero-order valence-electron chi connectivity index (χ0n) is 28.1. The van der Waals surface area contributed by atoms with Gasteiger partial charge in [0.1, 0.15) is 11.7 Å². The number of carbonyl (C=O) groups excluding carboxylic acids is 2. The Balaban J connectivity index is 1.03. The van der Waals surface area contributed by atoms with Gasteiger partial charge in [0.25, 0.3) is 5.91 Å². The molecule has 2 aromatic heterocycles. The molecule has 2 saturated heterocycles. The number of piperidine rings is 1. The molecule has 2 fully saturated rings. The lowest BCUT2D eigenvalue weighted by Gasteiger charge is -2.43. The van der Waals surface area contributed by atoms with Gasteiger partial charge < -0.3 is 9.80 Å². The zero-order valence-corrected chi connectivity index (χ0v) is 29.7. The van der Waals surface area contributed by atoms with Gasteiger partial charge in [-0.2, -0.15) is 5.10 Å². The first-order valence-electron chi connectivity index (χ1n) is 16.6. The largest absolute Gasteiger partial charge is 0.340 e. The monoisotopic (exact) mass is 700 g/mol. The normalized spacial score (nSPS) is 17.8. The maximum atomic E-state index is 13.5. The van der Waals surface area contributed by atoms with Crippen LogP contribution in [-0.4, -0.2) is 79.1 Å². The molecule has 1 unspecified atom stereocenters. The molecule has 10 nitrogen and oxygen atoms in total. The first kappa shape index (κ1) is 33.1. The molecular formula is C36H45BrN8O2. The Kier molecular flexibility index (Phi) is 9.66. The second-order valence-corrected chi connectivity index (χ2v) is 14.3. The fraction of sp³-hybridized carbons (Fsp3) is 0.472. The number of benzene rings is 2. The van der Waals surface area contributed by atoms with Crippen LogP contribution in [0.4, 0.5) is 5.69 Å². The fourth-order valence-electron chi connectivity index (χ4n) is 6.87. The number of piperazine rings is 1. The van der Waals surface area contributed by atoms with Crippen LogP contribution in [0.1, 0.15) is 72.9 Å². The number of hydrogen-bond acceptors (Lipinski definition) is 6. The number of halogens is 1. The van der Waals surface area contributed by atoms with Crippen molar-refractivity contribution in [1.82, 2.24) is 34.6 Å². The first-order valence-corrected chi connectivity index (χ1v) is 17.4. The molecule has 2 aromatic carbocycles. The number of hydrogen-bond donors (Lipinski definition) is 0. The highest BCUT2D eigenvalue weighted by atomic mass is 79.9. The number of amides is 2. The lowest BCUT2D eigenvalue weighted by molar-refractivity contribution is -0.133. The van der Waals surface area contributed by atoms with E-state index < -0.39 is 5.54 Å². The quantitative estimate of drug-likeness (QED) is 0.226. The Bertz CT molecular complexity index is 1720. The van der Waals surface area contributed by atoms with Gasteiger partial charge >= 0.3 is 0 Å². The molecule has 0 saturated carbocycles. The van der Waals surface area contributed by atoms with Crippen molar-refractivity contribution >= 4 is 33.4 Å². The van der Waals surface area contributed by atoms with E-state index in [0.717, 1.165) is 59.7 Å². The number of aryl methyl sites for hydroxylation is 2. The van der Waals surface area contributed by atoms with Crippen molar-refractivity contribution in [3.05, 3.63) is 93.0 Å². The molecule has 0 bridgehead atoms. The SMILES string of the molecule is Cc1ccc(Cn2nc(C)c(CCC(=O)N3CCN(C(C)(C)c4cn(C5CCCN(c6ccc(Br)cc6)C5=O)nn4)CC3)c2C)cc1. The van der Waals surface area contributed by atoms with Crippen LogP contribution in [0.25, 0.3) is 0 Å². The van der Waals surface area contributed by atoms with E-state index in [9.17, 15) is 9.59 Å². The average Bonchev–Trinajstić information content (AvgIpc) is 3.66. The lowest BCUT2D eigenvalue weighted by atomic mass is 9.97. The molecule has 11 heteroatoms. The predicted molar refractivity (Wildman–Crippen MR) is 186 cm³/mol. The highest BCUT2D eigenvalue weighted by Crippen LogP contribution is 2.31. The molecule has 0 aliphatic carbocycles. The van der Waals surface area contributed by atoms with E-state index in [1.807, 2.05) is 47.2 Å². The van der Waals surface area contributed by atoms with Gasteiger partial charge in [0.2, 0.25) is 5.91 Å². The molecule has 2 aliphatic heterocycles. The van der Waals surface area contributed by atoms with Gasteiger partial charge in [-0.05, 0) is 89.3 Å². The van der Waals surface area contributed by atoms with Crippen molar-refractivity contribution < 1.29 is 9.59 Å². The third-order valence-corrected chi connectivity index (χ3v) is 10.5. The maximum Gasteiger partial charge on any atom is 0.251 e. The minimum Gasteiger partial charge on any atom is -0.340 e. The van der Waals surface area contributed by atoms with Crippen molar-refractivity contribution in [2.45, 2.75) is 78.4 Å². The maximum absolute atomic E-state index is 13.5. The van der Waals surface area contributed by atoms with Gasteiger partial charge in [-0.25, -0.2) is 4.68 Å². The summed E-state index contributed by atoms with van der Waals surface area (Å²) in [5, 5.41) is 13.8. The van der Waals surface area contributed by atoms with Gasteiger partial charge in [-0.3, -0.25) is 19.2 Å². The second-order valence-electron chi connectivity index (χ2n) is 13.4. The van der Waals surface area contributed by atoms with Gasteiger partial charge in [0.15, 0.2) is 0 Å². The summed E-state index contributed by atoms with van der Waals surface area (Å²) in [4.78, 5) is 33.0. The summed E-state index contributed by atoms with van der Waals surface area (Å²) in [5.41, 5.74) is 7.10. The Morgan fingerprint density at radius 3 is 2.36 bits per heavy atom. The molecular weight excluding hydrogens is 656 g/mol. The van der Waals surface area contributed by atoms with Crippen molar-refractivity contribution in [3.63, 3.8) is 0 Å². The van der Waals surface area contributed by atoms with Crippen molar-refractivity contribution in [3.8, 4) is 0 Å². The second kappa shape index (κ2) is 13.7. The Labute approximate surface area is 285 Å². The van der Waals surface area contributed by atoms with E-state index in [0.29, 0.717) is 32.5 Å². The molecule has 0 spiro atoms. The van der Waals surface area contributed by atoms with Crippen LogP contribution in [0.15, 0.2) is 59.2 Å². The molecule has 2 aliphatic rings. The summed E-state index contributed by atoms with van der Waals surface area (Å²) in [6.45, 7) is 14.8. The summed E-state index contributed by atoms with van der Waals surface area (Å²) in [5.74, 6) is 0.230. The molecule has 4 aromatic rings. The molecule has 0 N–H and O–H groups in total. The van der Waals surface area contributed by atoms with Gasteiger partial charge in [0, 0.05) is 55.0 Å². The number of carbonyl (C=O) groups is 2. The topological polar surface area (TPSA) is 92.4 Å². The molecule has 2 amide bonds. The molecule has 47 heavy (non-hydrogen) atoms. The van der Waals surface area contributed by atoms with Crippen LogP contribution in [0.5, 0.6) is 0 Å². The Hall–Kier alpha value is -3.83. The number of nitrogens with zero attached hydrogens (tertiary/aromatic N) is 8. The van der Waals surface area contributed by atoms with Crippen LogP contribution in [0.2, 0.25) is 0 Å². The van der Waals surface area contributed by atoms with E-state index in [1.54, 1.807) is 4.68 Å². The smallest absolute Gasteiger partial charge is 0.251 e. The molecule has 0 radical (unpaired) electrons. The number of rotatable bonds is 9. The molecule has 248 valence electrons. The van der Waals surface area contributed by atoms with E-state index in [4.69, 9.17) is 5.10 Å². The van der Waals surface area contributed by atoms with Crippen molar-refractivity contribution in [2.24, 2.45) is 0 Å². The third kappa shape index (κ3) is 7.06. The van der Waals surface area contributed by atoms with Gasteiger partial charge in [-0.15, -0.1) is 5.10 Å². The van der Waals surface area contributed by atoms with Crippen molar-refractivity contribution in [1.29, 1.82) is 0 Å². The molecule has 6 rings (SSSR count). The summed E-state index contributed by atoms with van der Waals surface area (Å²) < 4.78 is 4.79. The van der Waals surface area contributed by atoms with Crippen molar-refractivity contribution in [2.75, 3.05) is 37.6 Å². The summed E-state index contributed by atoms with van der Waals surface area (Å²) in [6.07, 6.45) is 4.74. The van der Waals surface area contributed by atoms with Crippen LogP contribution >= 0.6 is 15.9 Å². The van der Waals surface area contributed by atoms with Crippen LogP contribution in [-0.2, 0) is 28.1 Å². The molecule has 1 atom stereocenters. The highest BCUT2D eigenvalue weighted by Gasteiger charge is 2.37. The van der Waals surface area contributed by atoms with Gasteiger partial charge in [0.05, 0.1) is 24.0 Å². The van der Waals surface area contributed by atoms with Gasteiger partial charge in [-0.1, -0.05) is 51.0 Å². The van der Waals surface area contributed by atoms with E-state index >= 15 is 0 Å². The van der Waals surface area contributed by atoms with Crippen LogP contribution < -0.4 is 4.90 Å². The minimum absolute atomic E-state index is 0.0453. The number of aromatic nitrogens is 5. The first-order chi connectivity index (χ1) is 22.5. The van der Waals surface area contributed by atoms with Crippen LogP contribution in [0.3, 0.4) is 0 Å². The predicted octanol–water partition coefficient (Wildman–Crippen LogP) is 5.59. The Morgan fingerprint density at radius 1 is 0.957 bits per heavy atom. The zero-order chi connectivity index (χ0) is 33.3. The summed E-state index contributed by atoms with van der Waals surface area (Å²) >= 11 is 3.48. The summed E-state index contributed by atoms with van der Waals surface area (Å²) in [6, 6.07) is 16.0. The number of anilines is 1. The Morgan fingerprint density at radius 2 is 1.66 bits per heavy atom. The summed E-state index contributed by atoms with van der Waals surface area (Å²) in [7, 11) is 0. The van der Waals surface area contributed by atoms with E-state index in [-0.39, 0.29) is 17.9 Å². The van der Waals surface area contributed by atoms with Crippen LogP contribution in [0, 0.1) is 20.8 Å². The standard InChI is InChI=1S/C36H45BrN8O2/c1-25-8-10-28(11-9-25)23-44-27(3)31(26(2)39-44)16-17-34(46)41-19-21-42(22-20-41)36(4,5)33-24-45(40-38-33)32-7-6-18-43(35(32)47)30-14-12-29(37)13-15-30/h8-15,24,32H,6-7,16-23H2,1-5H3. The van der Waals surface area contributed by atoms with E-state index in [1.165, 1.54) is 16.7 Å². The lowest BCUT2D eigenvalue weighted by Crippen LogP contribution is -2.54. The minimum atomic E-state index is -0.392. The third-order valence-electron chi connectivity index (χ3n) is 10.0. The highest BCUT2D eigenvalue weighted by molar-refractivity contribution is 9.10.